The van der Waals surface area contributed by atoms with E-state index in [1.54, 1.807) is 12.1 Å². The lowest BCUT2D eigenvalue weighted by Gasteiger charge is -2.22. The Morgan fingerprint density at radius 1 is 1.17 bits per heavy atom. The van der Waals surface area contributed by atoms with Gasteiger partial charge >= 0.3 is 0 Å². The third kappa shape index (κ3) is 3.19. The maximum Gasteiger partial charge on any atom is 0.187 e. The first-order valence-corrected chi connectivity index (χ1v) is 7.86. The molecular weight excluding hydrogens is 306 g/mol. The monoisotopic (exact) mass is 325 g/mol. The number of thiocarbonyl (C=S) groups is 1. The van der Waals surface area contributed by atoms with Crippen molar-refractivity contribution in [2.24, 2.45) is 10.8 Å². The summed E-state index contributed by atoms with van der Waals surface area (Å²) in [7, 11) is 1.66. The van der Waals surface area contributed by atoms with Gasteiger partial charge in [0, 0.05) is 6.42 Å². The van der Waals surface area contributed by atoms with Gasteiger partial charge in [0.1, 0.15) is 5.75 Å². The second kappa shape index (κ2) is 6.38. The molecule has 1 aliphatic heterocycles. The summed E-state index contributed by atoms with van der Waals surface area (Å²) >= 11 is 5.18. The number of hydrogen-bond acceptors (Lipinski definition) is 3. The molecule has 1 aliphatic rings. The molecule has 0 saturated carbocycles. The van der Waals surface area contributed by atoms with Crippen LogP contribution in [0.2, 0.25) is 0 Å². The van der Waals surface area contributed by atoms with Crippen LogP contribution in [0.4, 0.5) is 0 Å². The van der Waals surface area contributed by atoms with Crippen LogP contribution in [0.5, 0.6) is 5.75 Å². The van der Waals surface area contributed by atoms with E-state index in [2.05, 4.69) is 36.3 Å². The summed E-state index contributed by atoms with van der Waals surface area (Å²) in [5.41, 5.74) is 10.3. The number of hydrazone groups is 1. The third-order valence-electron chi connectivity index (χ3n) is 4.02. The molecule has 0 aromatic heterocycles. The van der Waals surface area contributed by atoms with Gasteiger partial charge in [0.25, 0.3) is 0 Å². The minimum Gasteiger partial charge on any atom is -0.497 e. The minimum absolute atomic E-state index is 0.0465. The van der Waals surface area contributed by atoms with Crippen LogP contribution in [0.3, 0.4) is 0 Å². The zero-order chi connectivity index (χ0) is 16.4. The van der Waals surface area contributed by atoms with Crippen molar-refractivity contribution in [1.29, 1.82) is 0 Å². The van der Waals surface area contributed by atoms with Gasteiger partial charge in [0.05, 0.1) is 18.9 Å². The van der Waals surface area contributed by atoms with Crippen LogP contribution < -0.4 is 10.5 Å². The Hall–Kier alpha value is -2.40. The molecule has 23 heavy (non-hydrogen) atoms. The molecule has 0 aliphatic carbocycles. The predicted molar refractivity (Wildman–Crippen MR) is 96.7 cm³/mol. The third-order valence-corrected chi connectivity index (χ3v) is 4.21. The van der Waals surface area contributed by atoms with Gasteiger partial charge in [-0.2, -0.15) is 5.10 Å². The lowest BCUT2D eigenvalue weighted by molar-refractivity contribution is 0.372. The van der Waals surface area contributed by atoms with Crippen LogP contribution in [-0.4, -0.2) is 22.9 Å². The van der Waals surface area contributed by atoms with Crippen molar-refractivity contribution in [2.45, 2.75) is 19.4 Å². The van der Waals surface area contributed by atoms with E-state index in [9.17, 15) is 0 Å². The lowest BCUT2D eigenvalue weighted by Crippen LogP contribution is -2.31. The molecule has 0 radical (unpaired) electrons. The van der Waals surface area contributed by atoms with E-state index in [-0.39, 0.29) is 6.04 Å². The number of hydrogen-bond donors (Lipinski definition) is 1. The molecule has 0 amide bonds. The maximum absolute atomic E-state index is 5.87. The number of nitrogens with zero attached hydrogens (tertiary/aromatic N) is 2. The fourth-order valence-corrected chi connectivity index (χ4v) is 2.89. The van der Waals surface area contributed by atoms with E-state index in [0.717, 1.165) is 29.0 Å². The summed E-state index contributed by atoms with van der Waals surface area (Å²) < 4.78 is 5.20. The smallest absolute Gasteiger partial charge is 0.187 e. The molecule has 2 N–H and O–H groups in total. The topological polar surface area (TPSA) is 50.8 Å². The molecule has 2 aromatic rings. The van der Waals surface area contributed by atoms with Crippen molar-refractivity contribution in [1.82, 2.24) is 5.01 Å². The molecule has 0 fully saturated rings. The zero-order valence-corrected chi connectivity index (χ0v) is 14.0. The molecule has 1 heterocycles. The van der Waals surface area contributed by atoms with Crippen LogP contribution in [0.15, 0.2) is 53.6 Å². The van der Waals surface area contributed by atoms with Crippen molar-refractivity contribution in [3.8, 4) is 5.75 Å². The summed E-state index contributed by atoms with van der Waals surface area (Å²) in [6, 6.07) is 16.3. The Bertz CT molecular complexity index is 738. The van der Waals surface area contributed by atoms with Gasteiger partial charge in [0.2, 0.25) is 0 Å². The Balaban J connectivity index is 1.90. The normalized spacial score (nSPS) is 17.0. The van der Waals surface area contributed by atoms with Crippen molar-refractivity contribution in [3.63, 3.8) is 0 Å². The average Bonchev–Trinajstić information content (AvgIpc) is 3.01. The first-order chi connectivity index (χ1) is 11.1. The molecule has 3 rings (SSSR count). The van der Waals surface area contributed by atoms with E-state index < -0.39 is 0 Å². The Morgan fingerprint density at radius 3 is 2.39 bits per heavy atom. The minimum atomic E-state index is 0.0465. The highest BCUT2D eigenvalue weighted by Gasteiger charge is 2.30. The van der Waals surface area contributed by atoms with E-state index in [4.69, 9.17) is 22.7 Å². The molecule has 118 valence electrons. The molecule has 0 saturated heterocycles. The Kier molecular flexibility index (Phi) is 4.30. The van der Waals surface area contributed by atoms with Crippen molar-refractivity contribution >= 4 is 23.0 Å². The summed E-state index contributed by atoms with van der Waals surface area (Å²) in [5, 5.41) is 6.66. The van der Waals surface area contributed by atoms with E-state index in [1.165, 1.54) is 5.56 Å². The highest BCUT2D eigenvalue weighted by atomic mass is 32.1. The van der Waals surface area contributed by atoms with Crippen LogP contribution in [0, 0.1) is 6.92 Å². The highest BCUT2D eigenvalue weighted by molar-refractivity contribution is 7.80. The quantitative estimate of drug-likeness (QED) is 0.879. The van der Waals surface area contributed by atoms with Gasteiger partial charge in [0.15, 0.2) is 5.11 Å². The fraction of sp³-hybridized carbons (Fsp3) is 0.222. The van der Waals surface area contributed by atoms with Gasteiger partial charge in [-0.1, -0.05) is 29.8 Å². The Labute approximate surface area is 141 Å². The number of ether oxygens (including phenoxy) is 1. The Morgan fingerprint density at radius 2 is 1.83 bits per heavy atom. The van der Waals surface area contributed by atoms with Gasteiger partial charge in [-0.3, -0.25) is 0 Å². The largest absolute Gasteiger partial charge is 0.497 e. The van der Waals surface area contributed by atoms with Crippen LogP contribution in [0.25, 0.3) is 0 Å². The molecule has 2 aromatic carbocycles. The summed E-state index contributed by atoms with van der Waals surface area (Å²) in [4.78, 5) is 0. The summed E-state index contributed by atoms with van der Waals surface area (Å²) in [5.74, 6) is 0.827. The van der Waals surface area contributed by atoms with Crippen LogP contribution in [0.1, 0.15) is 29.2 Å². The van der Waals surface area contributed by atoms with Crippen molar-refractivity contribution < 1.29 is 4.74 Å². The van der Waals surface area contributed by atoms with Crippen LogP contribution >= 0.6 is 12.2 Å². The summed E-state index contributed by atoms with van der Waals surface area (Å²) in [6.07, 6.45) is 0.771. The maximum atomic E-state index is 5.87. The van der Waals surface area contributed by atoms with Gasteiger partial charge in [-0.05, 0) is 54.5 Å². The lowest BCUT2D eigenvalue weighted by atomic mass is 9.98. The van der Waals surface area contributed by atoms with Crippen LogP contribution in [-0.2, 0) is 0 Å². The molecule has 4 nitrogen and oxygen atoms in total. The van der Waals surface area contributed by atoms with Crippen molar-refractivity contribution in [3.05, 3.63) is 65.2 Å². The number of methoxy groups -OCH3 is 1. The second-order valence-corrected chi connectivity index (χ2v) is 6.01. The van der Waals surface area contributed by atoms with E-state index in [1.807, 2.05) is 24.3 Å². The summed E-state index contributed by atoms with van der Waals surface area (Å²) in [6.45, 7) is 2.07. The first-order valence-electron chi connectivity index (χ1n) is 7.45. The van der Waals surface area contributed by atoms with E-state index in [0.29, 0.717) is 5.11 Å². The number of rotatable bonds is 3. The molecule has 1 atom stereocenters. The van der Waals surface area contributed by atoms with Gasteiger partial charge < -0.3 is 10.5 Å². The second-order valence-electron chi connectivity index (χ2n) is 5.59. The molecular formula is C18H19N3OS. The fourth-order valence-electron chi connectivity index (χ4n) is 2.72. The van der Waals surface area contributed by atoms with Gasteiger partial charge in [-0.25, -0.2) is 5.01 Å². The molecule has 1 unspecified atom stereocenters. The number of aryl methyl sites for hydroxylation is 1. The predicted octanol–water partition coefficient (Wildman–Crippen LogP) is 3.40. The number of nitrogens with two attached hydrogens (primary N) is 1. The van der Waals surface area contributed by atoms with E-state index >= 15 is 0 Å². The SMILES string of the molecule is COc1ccc(C2=NN(C(N)=S)C(c3ccc(C)cc3)C2)cc1. The highest BCUT2D eigenvalue weighted by Crippen LogP contribution is 2.32. The van der Waals surface area contributed by atoms with Crippen molar-refractivity contribution in [2.75, 3.05) is 7.11 Å². The molecule has 0 spiro atoms. The molecule has 5 heteroatoms. The first kappa shape index (κ1) is 15.5. The van der Waals surface area contributed by atoms with Gasteiger partial charge in [-0.15, -0.1) is 0 Å². The standard InChI is InChI=1S/C18H19N3OS/c1-12-3-5-14(6-4-12)17-11-16(20-21(17)18(19)23)13-7-9-15(22-2)10-8-13/h3-10,17H,11H2,1-2H3,(H2,19,23). The molecule has 0 bridgehead atoms. The number of benzene rings is 2. The average molecular weight is 325 g/mol. The zero-order valence-electron chi connectivity index (χ0n) is 13.2.